The second-order valence-electron chi connectivity index (χ2n) is 9.18. The Kier molecular flexibility index (Phi) is 5.76. The molecule has 10 nitrogen and oxygen atoms in total. The molecule has 0 saturated heterocycles. The largest absolute Gasteiger partial charge is 0.497 e. The number of hydrogen-bond acceptors (Lipinski definition) is 9. The molecule has 0 saturated carbocycles. The Balaban J connectivity index is 1.78. The first-order chi connectivity index (χ1) is 18.7. The number of fused-ring (bicyclic) bond motifs is 4. The molecule has 0 aliphatic carbocycles. The Morgan fingerprint density at radius 3 is 1.49 bits per heavy atom. The first-order valence-electron chi connectivity index (χ1n) is 12.2. The Bertz CT molecular complexity index is 1870. The van der Waals surface area contributed by atoms with Crippen LogP contribution in [-0.2, 0) is 0 Å². The fourth-order valence-corrected chi connectivity index (χ4v) is 6.30. The van der Waals surface area contributed by atoms with Crippen LogP contribution < -0.4 is 9.47 Å². The normalized spacial score (nSPS) is 11.6. The van der Waals surface area contributed by atoms with Crippen molar-refractivity contribution in [1.29, 1.82) is 0 Å². The second kappa shape index (κ2) is 9.05. The quantitative estimate of drug-likeness (QED) is 0.282. The highest BCUT2D eigenvalue weighted by molar-refractivity contribution is 8.00. The van der Waals surface area contributed by atoms with Crippen molar-refractivity contribution in [3.05, 3.63) is 47.8 Å². The van der Waals surface area contributed by atoms with Gasteiger partial charge in [-0.15, -0.1) is 0 Å². The molecule has 0 aliphatic rings. The minimum Gasteiger partial charge on any atom is -0.497 e. The maximum atomic E-state index is 12.5. The van der Waals surface area contributed by atoms with Crippen LogP contribution in [-0.4, -0.2) is 55.6 Å². The molecule has 0 N–H and O–H groups in total. The molecule has 4 heterocycles. The van der Waals surface area contributed by atoms with Crippen LogP contribution in [0.5, 0.6) is 11.5 Å². The molecule has 0 radical (unpaired) electrons. The molecular formula is C28H24N6O4S. The third-order valence-corrected chi connectivity index (χ3v) is 7.93. The van der Waals surface area contributed by atoms with Crippen molar-refractivity contribution in [3.8, 4) is 11.5 Å². The van der Waals surface area contributed by atoms with Crippen molar-refractivity contribution >= 4 is 67.4 Å². The number of aromatic nitrogens is 6. The van der Waals surface area contributed by atoms with Crippen molar-refractivity contribution in [2.45, 2.75) is 37.5 Å². The molecule has 0 unspecified atom stereocenters. The van der Waals surface area contributed by atoms with Crippen LogP contribution in [0.4, 0.5) is 0 Å². The van der Waals surface area contributed by atoms with Crippen LogP contribution in [0.25, 0.3) is 43.9 Å². The molecule has 6 rings (SSSR count). The molecule has 0 atom stereocenters. The van der Waals surface area contributed by atoms with Gasteiger partial charge in [0.05, 0.1) is 47.4 Å². The number of aryl methyl sites for hydroxylation is 2. The molecule has 11 heteroatoms. The topological polar surface area (TPSA) is 114 Å². The zero-order valence-electron chi connectivity index (χ0n) is 22.2. The molecule has 6 aromatic rings. The molecule has 39 heavy (non-hydrogen) atoms. The Hall–Kier alpha value is -4.51. The van der Waals surface area contributed by atoms with Gasteiger partial charge in [-0.2, -0.15) is 19.6 Å². The van der Waals surface area contributed by atoms with E-state index in [0.717, 1.165) is 31.3 Å². The summed E-state index contributed by atoms with van der Waals surface area (Å²) in [6, 6.07) is 11.3. The minimum absolute atomic E-state index is 0.232. The molecule has 0 amide bonds. The highest BCUT2D eigenvalue weighted by Gasteiger charge is 2.24. The predicted molar refractivity (Wildman–Crippen MR) is 149 cm³/mol. The van der Waals surface area contributed by atoms with Gasteiger partial charge in [0.1, 0.15) is 11.5 Å². The molecule has 0 fully saturated rings. The highest BCUT2D eigenvalue weighted by Crippen LogP contribution is 2.46. The van der Waals surface area contributed by atoms with Gasteiger partial charge in [-0.3, -0.25) is 9.59 Å². The fraction of sp³-hybridized carbons (Fsp3) is 0.214. The molecule has 0 aliphatic heterocycles. The molecule has 4 aromatic heterocycles. The van der Waals surface area contributed by atoms with E-state index in [1.165, 1.54) is 35.0 Å². The lowest BCUT2D eigenvalue weighted by Crippen LogP contribution is -2.08. The van der Waals surface area contributed by atoms with Crippen LogP contribution in [0.15, 0.2) is 46.2 Å². The van der Waals surface area contributed by atoms with E-state index in [4.69, 9.17) is 19.4 Å². The Morgan fingerprint density at radius 1 is 0.718 bits per heavy atom. The zero-order chi connectivity index (χ0) is 27.6. The lowest BCUT2D eigenvalue weighted by Gasteiger charge is -2.14. The van der Waals surface area contributed by atoms with E-state index in [1.54, 1.807) is 14.2 Å². The number of methoxy groups -OCH3 is 2. The summed E-state index contributed by atoms with van der Waals surface area (Å²) in [6.45, 7) is 6.65. The summed E-state index contributed by atoms with van der Waals surface area (Å²) in [5.74, 6) is 0.886. The maximum Gasteiger partial charge on any atom is 0.245 e. The van der Waals surface area contributed by atoms with Crippen molar-refractivity contribution in [2.75, 3.05) is 14.2 Å². The first-order valence-corrected chi connectivity index (χ1v) is 13.0. The summed E-state index contributed by atoms with van der Waals surface area (Å²) >= 11 is 1.50. The van der Waals surface area contributed by atoms with Crippen LogP contribution in [0, 0.1) is 13.8 Å². The zero-order valence-corrected chi connectivity index (χ0v) is 23.0. The molecule has 196 valence electrons. The summed E-state index contributed by atoms with van der Waals surface area (Å²) in [5, 5.41) is 12.2. The van der Waals surface area contributed by atoms with Gasteiger partial charge < -0.3 is 9.47 Å². The number of benzene rings is 2. The van der Waals surface area contributed by atoms with E-state index in [2.05, 4.69) is 10.2 Å². The smallest absolute Gasteiger partial charge is 0.245 e. The van der Waals surface area contributed by atoms with Crippen molar-refractivity contribution in [2.24, 2.45) is 0 Å². The van der Waals surface area contributed by atoms with Crippen LogP contribution in [0.1, 0.15) is 34.8 Å². The molecule has 0 bridgehead atoms. The van der Waals surface area contributed by atoms with Crippen LogP contribution in [0.2, 0.25) is 0 Å². The van der Waals surface area contributed by atoms with E-state index in [-0.39, 0.29) is 11.8 Å². The SMILES string of the molecule is COc1ccc2nc3c(c(C)nn3C(C)=O)c(Sc3c4cc(OC)ccc4nc4c3c(C)nn4C(C)=O)c2c1. The third-order valence-electron chi connectivity index (χ3n) is 6.68. The monoisotopic (exact) mass is 540 g/mol. The van der Waals surface area contributed by atoms with Gasteiger partial charge in [0, 0.05) is 34.4 Å². The second-order valence-corrected chi connectivity index (χ2v) is 10.2. The number of nitrogens with zero attached hydrogens (tertiary/aromatic N) is 6. The number of ether oxygens (including phenoxy) is 2. The standard InChI is InChI=1S/C28H24N6O4S/c1-13-23-25(19-11-17(37-5)7-9-21(19)29-27(23)33(31-13)15(3)35)39-26-20-12-18(38-6)8-10-22(20)30-28-24(26)14(2)32-34(28)16(4)36/h7-12H,1-6H3. The summed E-state index contributed by atoms with van der Waals surface area (Å²) < 4.78 is 13.8. The fourth-order valence-electron chi connectivity index (χ4n) is 4.86. The van der Waals surface area contributed by atoms with Crippen molar-refractivity contribution in [3.63, 3.8) is 0 Å². The van der Waals surface area contributed by atoms with Gasteiger partial charge >= 0.3 is 0 Å². The van der Waals surface area contributed by atoms with E-state index in [0.29, 0.717) is 45.2 Å². The van der Waals surface area contributed by atoms with E-state index in [9.17, 15) is 9.59 Å². The van der Waals surface area contributed by atoms with E-state index < -0.39 is 0 Å². The highest BCUT2D eigenvalue weighted by atomic mass is 32.2. The third kappa shape index (κ3) is 3.80. The summed E-state index contributed by atoms with van der Waals surface area (Å²) in [6.07, 6.45) is 0. The number of pyridine rings is 2. The van der Waals surface area contributed by atoms with Gasteiger partial charge in [0.15, 0.2) is 11.3 Å². The predicted octanol–water partition coefficient (Wildman–Crippen LogP) is 5.59. The summed E-state index contributed by atoms with van der Waals surface area (Å²) in [7, 11) is 3.23. The van der Waals surface area contributed by atoms with Gasteiger partial charge in [0.2, 0.25) is 11.8 Å². The van der Waals surface area contributed by atoms with Gasteiger partial charge in [-0.1, -0.05) is 11.8 Å². The number of rotatable bonds is 4. The lowest BCUT2D eigenvalue weighted by molar-refractivity contribution is 0.0917. The maximum absolute atomic E-state index is 12.5. The minimum atomic E-state index is -0.232. The summed E-state index contributed by atoms with van der Waals surface area (Å²) in [5.41, 5.74) is 3.67. The van der Waals surface area contributed by atoms with Gasteiger partial charge in [-0.05, 0) is 50.2 Å². The van der Waals surface area contributed by atoms with E-state index >= 15 is 0 Å². The Morgan fingerprint density at radius 2 is 1.13 bits per heavy atom. The Labute approximate surface area is 226 Å². The van der Waals surface area contributed by atoms with Crippen molar-refractivity contribution in [1.82, 2.24) is 29.5 Å². The van der Waals surface area contributed by atoms with E-state index in [1.807, 2.05) is 50.2 Å². The molecule has 2 aromatic carbocycles. The average molecular weight is 541 g/mol. The summed E-state index contributed by atoms with van der Waals surface area (Å²) in [4.78, 5) is 36.3. The first kappa shape index (κ1) is 24.8. The molecular weight excluding hydrogens is 516 g/mol. The number of carbonyl (C=O) groups excluding carboxylic acids is 2. The average Bonchev–Trinajstić information content (AvgIpc) is 3.44. The lowest BCUT2D eigenvalue weighted by atomic mass is 10.1. The van der Waals surface area contributed by atoms with Crippen molar-refractivity contribution < 1.29 is 19.1 Å². The van der Waals surface area contributed by atoms with Crippen LogP contribution in [0.3, 0.4) is 0 Å². The van der Waals surface area contributed by atoms with Gasteiger partial charge in [-0.25, -0.2) is 9.97 Å². The van der Waals surface area contributed by atoms with Gasteiger partial charge in [0.25, 0.3) is 0 Å². The number of hydrogen-bond donors (Lipinski definition) is 0. The number of carbonyl (C=O) groups is 2. The van der Waals surface area contributed by atoms with Crippen LogP contribution >= 0.6 is 11.8 Å². The molecule has 0 spiro atoms.